The molecule has 25 heavy (non-hydrogen) atoms. The van der Waals surface area contributed by atoms with Gasteiger partial charge < -0.3 is 19.6 Å². The van der Waals surface area contributed by atoms with Crippen molar-refractivity contribution in [3.63, 3.8) is 0 Å². The van der Waals surface area contributed by atoms with Crippen LogP contribution in [0.2, 0.25) is 0 Å². The number of hydrogen-bond acceptors (Lipinski definition) is 6. The lowest BCUT2D eigenvalue weighted by atomic mass is 9.99. The molecule has 0 bridgehead atoms. The van der Waals surface area contributed by atoms with E-state index in [0.29, 0.717) is 18.3 Å². The van der Waals surface area contributed by atoms with E-state index < -0.39 is 11.5 Å². The number of aliphatic carboxylic acids is 1. The molecule has 0 saturated carbocycles. The number of thioether (sulfide) groups is 1. The second-order valence-electron chi connectivity index (χ2n) is 5.74. The summed E-state index contributed by atoms with van der Waals surface area (Å²) in [5.41, 5.74) is 0.321. The first-order valence-corrected chi connectivity index (χ1v) is 8.94. The van der Waals surface area contributed by atoms with Gasteiger partial charge in [0, 0.05) is 24.3 Å². The van der Waals surface area contributed by atoms with Crippen LogP contribution in [-0.4, -0.2) is 46.5 Å². The summed E-state index contributed by atoms with van der Waals surface area (Å²) in [5.74, 6) is -0.214. The van der Waals surface area contributed by atoms with Gasteiger partial charge in [0.05, 0.1) is 18.1 Å². The van der Waals surface area contributed by atoms with Crippen LogP contribution in [0.1, 0.15) is 12.1 Å². The molecule has 8 heteroatoms. The number of oxazole rings is 1. The zero-order valence-electron chi connectivity index (χ0n) is 13.4. The summed E-state index contributed by atoms with van der Waals surface area (Å²) in [6.07, 6.45) is 1.85. The highest BCUT2D eigenvalue weighted by atomic mass is 32.2. The van der Waals surface area contributed by atoms with Gasteiger partial charge in [-0.1, -0.05) is 18.2 Å². The summed E-state index contributed by atoms with van der Waals surface area (Å²) in [6, 6.07) is 9.55. The topological polar surface area (TPSA) is 102 Å². The van der Waals surface area contributed by atoms with E-state index >= 15 is 0 Å². The predicted octanol–water partition coefficient (Wildman–Crippen LogP) is 1.93. The number of carboxylic acids is 1. The Labute approximate surface area is 148 Å². The molecule has 7 nitrogen and oxygen atoms in total. The number of aromatic nitrogens is 1. The number of nitrogens with one attached hydrogen (secondary N) is 1. The van der Waals surface area contributed by atoms with Crippen LogP contribution in [0.3, 0.4) is 0 Å². The highest BCUT2D eigenvalue weighted by molar-refractivity contribution is 7.99. The first-order valence-electron chi connectivity index (χ1n) is 7.79. The van der Waals surface area contributed by atoms with Crippen LogP contribution >= 0.6 is 11.8 Å². The van der Waals surface area contributed by atoms with Gasteiger partial charge in [0.1, 0.15) is 6.26 Å². The van der Waals surface area contributed by atoms with Crippen LogP contribution in [0, 0.1) is 0 Å². The van der Waals surface area contributed by atoms with E-state index in [-0.39, 0.29) is 24.7 Å². The highest BCUT2D eigenvalue weighted by Crippen LogP contribution is 2.21. The average molecular weight is 362 g/mol. The molecule has 1 amide bonds. The number of rotatable bonds is 7. The Morgan fingerprint density at radius 2 is 2.12 bits per heavy atom. The van der Waals surface area contributed by atoms with Crippen LogP contribution in [0.5, 0.6) is 0 Å². The van der Waals surface area contributed by atoms with E-state index in [0.717, 1.165) is 11.3 Å². The van der Waals surface area contributed by atoms with Crippen molar-refractivity contribution in [2.75, 3.05) is 19.0 Å². The summed E-state index contributed by atoms with van der Waals surface area (Å²) < 4.78 is 10.6. The fourth-order valence-corrected chi connectivity index (χ4v) is 3.22. The van der Waals surface area contributed by atoms with Gasteiger partial charge >= 0.3 is 5.97 Å². The molecule has 2 aromatic rings. The first kappa shape index (κ1) is 17.5. The van der Waals surface area contributed by atoms with Crippen molar-refractivity contribution in [1.82, 2.24) is 10.3 Å². The minimum absolute atomic E-state index is 0.00244. The molecule has 2 heterocycles. The molecule has 1 aromatic carbocycles. The Hall–Kier alpha value is -2.32. The largest absolute Gasteiger partial charge is 0.479 e. The predicted molar refractivity (Wildman–Crippen MR) is 92.0 cm³/mol. The van der Waals surface area contributed by atoms with E-state index in [9.17, 15) is 14.7 Å². The summed E-state index contributed by atoms with van der Waals surface area (Å²) in [4.78, 5) is 27.8. The summed E-state index contributed by atoms with van der Waals surface area (Å²) >= 11 is 1.35. The van der Waals surface area contributed by atoms with Crippen molar-refractivity contribution >= 4 is 23.6 Å². The molecule has 132 valence electrons. The zero-order valence-corrected chi connectivity index (χ0v) is 14.3. The molecule has 1 atom stereocenters. The number of hydrogen-bond donors (Lipinski definition) is 2. The van der Waals surface area contributed by atoms with E-state index in [1.807, 2.05) is 30.3 Å². The molecule has 1 aromatic heterocycles. The number of carbonyl (C=O) groups is 2. The fraction of sp³-hybridized carbons (Fsp3) is 0.353. The van der Waals surface area contributed by atoms with Crippen molar-refractivity contribution < 1.29 is 23.8 Å². The third kappa shape index (κ3) is 4.21. The number of carbonyl (C=O) groups excluding carboxylic acids is 1. The van der Waals surface area contributed by atoms with E-state index in [1.54, 1.807) is 6.26 Å². The summed E-state index contributed by atoms with van der Waals surface area (Å²) in [6.45, 7) is 0.337. The Morgan fingerprint density at radius 1 is 1.32 bits per heavy atom. The highest BCUT2D eigenvalue weighted by Gasteiger charge is 2.43. The SMILES string of the molecule is O=C(CSCc1coc(-c2ccccc2)n1)NC1(C(=O)O)CCOC1. The molecule has 0 aliphatic carbocycles. The van der Waals surface area contributed by atoms with Gasteiger partial charge in [0.15, 0.2) is 5.54 Å². The molecular weight excluding hydrogens is 344 g/mol. The molecule has 2 N–H and O–H groups in total. The van der Waals surface area contributed by atoms with Crippen LogP contribution in [0.15, 0.2) is 41.0 Å². The summed E-state index contributed by atoms with van der Waals surface area (Å²) in [7, 11) is 0. The van der Waals surface area contributed by atoms with Gasteiger partial charge in [-0.2, -0.15) is 0 Å². The zero-order chi connectivity index (χ0) is 17.7. The lowest BCUT2D eigenvalue weighted by Crippen LogP contribution is -2.55. The van der Waals surface area contributed by atoms with E-state index in [2.05, 4.69) is 10.3 Å². The quantitative estimate of drug-likeness (QED) is 0.776. The molecule has 0 radical (unpaired) electrons. The molecule has 1 aliphatic rings. The standard InChI is InChI=1S/C17H18N2O5S/c20-14(19-17(16(21)22)6-7-23-11-17)10-25-9-13-8-24-15(18-13)12-4-2-1-3-5-12/h1-5,8H,6-7,9-11H2,(H,19,20)(H,21,22). The smallest absolute Gasteiger partial charge is 0.331 e. The Bertz CT molecular complexity index is 741. The maximum Gasteiger partial charge on any atom is 0.331 e. The minimum atomic E-state index is -1.30. The average Bonchev–Trinajstić information content (AvgIpc) is 3.26. The van der Waals surface area contributed by atoms with Crippen molar-refractivity contribution in [3.05, 3.63) is 42.3 Å². The molecule has 1 saturated heterocycles. The number of ether oxygens (including phenoxy) is 1. The van der Waals surface area contributed by atoms with Gasteiger partial charge in [-0.3, -0.25) is 4.79 Å². The lowest BCUT2D eigenvalue weighted by molar-refractivity contribution is -0.147. The Balaban J connectivity index is 1.49. The van der Waals surface area contributed by atoms with Crippen molar-refractivity contribution in [2.24, 2.45) is 0 Å². The lowest BCUT2D eigenvalue weighted by Gasteiger charge is -2.23. The number of nitrogens with zero attached hydrogens (tertiary/aromatic N) is 1. The first-order chi connectivity index (χ1) is 12.1. The second kappa shape index (κ2) is 7.71. The van der Waals surface area contributed by atoms with E-state index in [4.69, 9.17) is 9.15 Å². The number of amides is 1. The second-order valence-corrected chi connectivity index (χ2v) is 6.73. The van der Waals surface area contributed by atoms with Crippen molar-refractivity contribution in [3.8, 4) is 11.5 Å². The number of benzene rings is 1. The minimum Gasteiger partial charge on any atom is -0.479 e. The Kier molecular flexibility index (Phi) is 5.40. The molecule has 1 unspecified atom stereocenters. The summed E-state index contributed by atoms with van der Waals surface area (Å²) in [5, 5.41) is 11.9. The van der Waals surface area contributed by atoms with Gasteiger partial charge in [-0.25, -0.2) is 9.78 Å². The third-order valence-electron chi connectivity index (χ3n) is 3.87. The van der Waals surface area contributed by atoms with Crippen LogP contribution in [-0.2, 0) is 20.1 Å². The molecule has 1 fully saturated rings. The molecule has 3 rings (SSSR count). The third-order valence-corrected chi connectivity index (χ3v) is 4.83. The van der Waals surface area contributed by atoms with Gasteiger partial charge in [0.2, 0.25) is 11.8 Å². The maximum absolute atomic E-state index is 12.0. The van der Waals surface area contributed by atoms with Gasteiger partial charge in [-0.05, 0) is 12.1 Å². The van der Waals surface area contributed by atoms with E-state index in [1.165, 1.54) is 11.8 Å². The molecule has 0 spiro atoms. The van der Waals surface area contributed by atoms with Crippen LogP contribution in [0.25, 0.3) is 11.5 Å². The van der Waals surface area contributed by atoms with Crippen LogP contribution in [0.4, 0.5) is 0 Å². The van der Waals surface area contributed by atoms with Crippen molar-refractivity contribution in [1.29, 1.82) is 0 Å². The van der Waals surface area contributed by atoms with Crippen LogP contribution < -0.4 is 5.32 Å². The van der Waals surface area contributed by atoms with Gasteiger partial charge in [0.25, 0.3) is 0 Å². The number of carboxylic acid groups (broad SMARTS) is 1. The monoisotopic (exact) mass is 362 g/mol. The molecule has 1 aliphatic heterocycles. The van der Waals surface area contributed by atoms with Gasteiger partial charge in [-0.15, -0.1) is 11.8 Å². The molecular formula is C17H18N2O5S. The normalized spacial score (nSPS) is 19.7. The maximum atomic E-state index is 12.0. The Morgan fingerprint density at radius 3 is 2.80 bits per heavy atom. The fourth-order valence-electron chi connectivity index (χ4n) is 2.52. The van der Waals surface area contributed by atoms with Crippen molar-refractivity contribution in [2.45, 2.75) is 17.7 Å².